The Labute approximate surface area is 110 Å². The molecule has 2 atom stereocenters. The lowest BCUT2D eigenvalue weighted by Crippen LogP contribution is -2.53. The molecule has 2 unspecified atom stereocenters. The summed E-state index contributed by atoms with van der Waals surface area (Å²) in [5.41, 5.74) is 5.52. The minimum absolute atomic E-state index is 0.00438. The van der Waals surface area contributed by atoms with E-state index in [0.29, 0.717) is 6.54 Å². The van der Waals surface area contributed by atoms with Crippen LogP contribution in [0.2, 0.25) is 0 Å². The van der Waals surface area contributed by atoms with Crippen LogP contribution in [-0.4, -0.2) is 41.7 Å². The lowest BCUT2D eigenvalue weighted by Gasteiger charge is -2.40. The Balaban J connectivity index is 2.07. The average molecular weight is 254 g/mol. The number of carbonyl (C=O) groups excluding carboxylic acids is 1. The molecule has 0 saturated heterocycles. The van der Waals surface area contributed by atoms with Gasteiger partial charge in [0.15, 0.2) is 0 Å². The second-order valence-corrected chi connectivity index (χ2v) is 6.03. The van der Waals surface area contributed by atoms with E-state index in [9.17, 15) is 9.90 Å². The van der Waals surface area contributed by atoms with E-state index in [-0.39, 0.29) is 23.5 Å². The quantitative estimate of drug-likeness (QED) is 0.797. The first kappa shape index (κ1) is 13.8. The summed E-state index contributed by atoms with van der Waals surface area (Å²) in [4.78, 5) is 14.5. The van der Waals surface area contributed by atoms with Crippen molar-refractivity contribution in [3.8, 4) is 0 Å². The number of aliphatic hydroxyl groups excluding tert-OH is 1. The monoisotopic (exact) mass is 254 g/mol. The number of carbonyl (C=O) groups is 1. The highest BCUT2D eigenvalue weighted by molar-refractivity contribution is 5.83. The molecule has 0 spiro atoms. The lowest BCUT2D eigenvalue weighted by molar-refractivity contribution is -0.145. The molecule has 0 bridgehead atoms. The van der Waals surface area contributed by atoms with Crippen LogP contribution in [0.25, 0.3) is 0 Å². The van der Waals surface area contributed by atoms with Gasteiger partial charge in [0.1, 0.15) is 0 Å². The van der Waals surface area contributed by atoms with Crippen LogP contribution in [0.5, 0.6) is 0 Å². The second-order valence-electron chi connectivity index (χ2n) is 6.03. The first-order valence-electron chi connectivity index (χ1n) is 7.26. The highest BCUT2D eigenvalue weighted by Crippen LogP contribution is 2.39. The molecule has 104 valence electrons. The Hall–Kier alpha value is -0.610. The van der Waals surface area contributed by atoms with E-state index < -0.39 is 0 Å². The molecule has 18 heavy (non-hydrogen) atoms. The Morgan fingerprint density at radius 1 is 1.28 bits per heavy atom. The van der Waals surface area contributed by atoms with Crippen molar-refractivity contribution in [1.29, 1.82) is 0 Å². The minimum atomic E-state index is -0.357. The van der Waals surface area contributed by atoms with Gasteiger partial charge in [-0.15, -0.1) is 0 Å². The third-order valence-corrected chi connectivity index (χ3v) is 4.92. The van der Waals surface area contributed by atoms with Gasteiger partial charge in [0, 0.05) is 13.6 Å². The Kier molecular flexibility index (Phi) is 4.28. The smallest absolute Gasteiger partial charge is 0.230 e. The number of amides is 1. The van der Waals surface area contributed by atoms with E-state index in [4.69, 9.17) is 5.73 Å². The van der Waals surface area contributed by atoms with Crippen molar-refractivity contribution in [3.63, 3.8) is 0 Å². The molecular formula is C14H26N2O2. The SMILES string of the molecule is CN(C(=O)C1(CN)CCCC1)C1CCCCC1O. The molecule has 3 N–H and O–H groups in total. The third-order valence-electron chi connectivity index (χ3n) is 4.92. The predicted octanol–water partition coefficient (Wildman–Crippen LogP) is 1.27. The molecule has 2 saturated carbocycles. The van der Waals surface area contributed by atoms with Crippen LogP contribution in [-0.2, 0) is 4.79 Å². The van der Waals surface area contributed by atoms with Crippen LogP contribution in [0.15, 0.2) is 0 Å². The van der Waals surface area contributed by atoms with E-state index in [1.165, 1.54) is 0 Å². The van der Waals surface area contributed by atoms with Crippen molar-refractivity contribution in [2.45, 2.75) is 63.5 Å². The molecule has 4 nitrogen and oxygen atoms in total. The van der Waals surface area contributed by atoms with Crippen LogP contribution in [0.4, 0.5) is 0 Å². The topological polar surface area (TPSA) is 66.6 Å². The first-order chi connectivity index (χ1) is 8.60. The van der Waals surface area contributed by atoms with Crippen LogP contribution < -0.4 is 5.73 Å². The van der Waals surface area contributed by atoms with Crippen molar-refractivity contribution in [1.82, 2.24) is 4.90 Å². The third kappa shape index (κ3) is 2.41. The van der Waals surface area contributed by atoms with Gasteiger partial charge < -0.3 is 15.7 Å². The fraction of sp³-hybridized carbons (Fsp3) is 0.929. The molecular weight excluding hydrogens is 228 g/mol. The second kappa shape index (κ2) is 5.57. The van der Waals surface area contributed by atoms with Crippen molar-refractivity contribution in [2.24, 2.45) is 11.1 Å². The molecule has 2 rings (SSSR count). The number of rotatable bonds is 3. The first-order valence-corrected chi connectivity index (χ1v) is 7.26. The molecule has 0 aromatic heterocycles. The number of nitrogens with two attached hydrogens (primary N) is 1. The molecule has 2 fully saturated rings. The Morgan fingerprint density at radius 2 is 1.89 bits per heavy atom. The molecule has 1 amide bonds. The van der Waals surface area contributed by atoms with Gasteiger partial charge in [-0.3, -0.25) is 4.79 Å². The maximum absolute atomic E-state index is 12.7. The zero-order chi connectivity index (χ0) is 13.2. The Morgan fingerprint density at radius 3 is 2.44 bits per heavy atom. The van der Waals surface area contributed by atoms with Gasteiger partial charge >= 0.3 is 0 Å². The molecule has 0 heterocycles. The maximum atomic E-state index is 12.7. The van der Waals surface area contributed by atoms with E-state index in [1.54, 1.807) is 4.90 Å². The van der Waals surface area contributed by atoms with Gasteiger partial charge in [0.2, 0.25) is 5.91 Å². The Bertz CT molecular complexity index is 300. The number of likely N-dealkylation sites (N-methyl/N-ethyl adjacent to an activating group) is 1. The molecule has 2 aliphatic carbocycles. The zero-order valence-electron chi connectivity index (χ0n) is 11.4. The largest absolute Gasteiger partial charge is 0.391 e. The van der Waals surface area contributed by atoms with Crippen molar-refractivity contribution in [2.75, 3.05) is 13.6 Å². The van der Waals surface area contributed by atoms with Crippen molar-refractivity contribution >= 4 is 5.91 Å². The van der Waals surface area contributed by atoms with Crippen molar-refractivity contribution in [3.05, 3.63) is 0 Å². The predicted molar refractivity (Wildman–Crippen MR) is 71.0 cm³/mol. The molecule has 0 aromatic rings. The van der Waals surface area contributed by atoms with Crippen molar-refractivity contribution < 1.29 is 9.90 Å². The summed E-state index contributed by atoms with van der Waals surface area (Å²) in [6, 6.07) is -0.00438. The van der Waals surface area contributed by atoms with Gasteiger partial charge in [-0.1, -0.05) is 25.7 Å². The standard InChI is InChI=1S/C14H26N2O2/c1-16(11-6-2-3-7-12(11)17)13(18)14(10-15)8-4-5-9-14/h11-12,17H,2-10,15H2,1H3. The number of hydrogen-bond acceptors (Lipinski definition) is 3. The zero-order valence-corrected chi connectivity index (χ0v) is 11.4. The summed E-state index contributed by atoms with van der Waals surface area (Å²) in [7, 11) is 1.84. The number of nitrogens with zero attached hydrogens (tertiary/aromatic N) is 1. The van der Waals surface area contributed by atoms with E-state index in [0.717, 1.165) is 51.4 Å². The maximum Gasteiger partial charge on any atom is 0.230 e. The summed E-state index contributed by atoms with van der Waals surface area (Å²) < 4.78 is 0. The van der Waals surface area contributed by atoms with Crippen LogP contribution in [0, 0.1) is 5.41 Å². The number of aliphatic hydroxyl groups is 1. The summed E-state index contributed by atoms with van der Waals surface area (Å²) >= 11 is 0. The van der Waals surface area contributed by atoms with Gasteiger partial charge in [-0.25, -0.2) is 0 Å². The fourth-order valence-corrected chi connectivity index (χ4v) is 3.63. The summed E-state index contributed by atoms with van der Waals surface area (Å²) in [6.45, 7) is 0.443. The summed E-state index contributed by atoms with van der Waals surface area (Å²) in [6.07, 6.45) is 7.58. The normalized spacial score (nSPS) is 31.3. The van der Waals surface area contributed by atoms with Gasteiger partial charge in [0.25, 0.3) is 0 Å². The van der Waals surface area contributed by atoms with Gasteiger partial charge in [-0.05, 0) is 25.7 Å². The van der Waals surface area contributed by atoms with Crippen LogP contribution in [0.3, 0.4) is 0 Å². The molecule has 0 aliphatic heterocycles. The number of hydrogen-bond donors (Lipinski definition) is 2. The van der Waals surface area contributed by atoms with E-state index in [1.807, 2.05) is 7.05 Å². The minimum Gasteiger partial charge on any atom is -0.391 e. The van der Waals surface area contributed by atoms with E-state index in [2.05, 4.69) is 0 Å². The summed E-state index contributed by atoms with van der Waals surface area (Å²) in [5, 5.41) is 10.1. The van der Waals surface area contributed by atoms with Gasteiger partial charge in [0.05, 0.1) is 17.6 Å². The van der Waals surface area contributed by atoms with E-state index >= 15 is 0 Å². The highest BCUT2D eigenvalue weighted by atomic mass is 16.3. The average Bonchev–Trinajstić information content (AvgIpc) is 2.87. The molecule has 0 radical (unpaired) electrons. The summed E-state index contributed by atoms with van der Waals surface area (Å²) in [5.74, 6) is 0.161. The molecule has 4 heteroatoms. The van der Waals surface area contributed by atoms with Gasteiger partial charge in [-0.2, -0.15) is 0 Å². The molecule has 0 aromatic carbocycles. The van der Waals surface area contributed by atoms with Crippen LogP contribution in [0.1, 0.15) is 51.4 Å². The highest BCUT2D eigenvalue weighted by Gasteiger charge is 2.44. The molecule has 2 aliphatic rings. The lowest BCUT2D eigenvalue weighted by atomic mass is 9.83. The fourth-order valence-electron chi connectivity index (χ4n) is 3.63. The van der Waals surface area contributed by atoms with Crippen LogP contribution >= 0.6 is 0 Å².